The van der Waals surface area contributed by atoms with Gasteiger partial charge in [0.15, 0.2) is 5.92 Å². The van der Waals surface area contributed by atoms with E-state index in [2.05, 4.69) is 0 Å². The fourth-order valence-electron chi connectivity index (χ4n) is 7.22. The van der Waals surface area contributed by atoms with E-state index in [9.17, 15) is 9.59 Å². The van der Waals surface area contributed by atoms with Crippen LogP contribution >= 0.6 is 0 Å². The zero-order chi connectivity index (χ0) is 18.3. The number of rotatable bonds is 7. The summed E-state index contributed by atoms with van der Waals surface area (Å²) in [5.41, 5.74) is 0. The topological polar surface area (TPSA) is 52.6 Å². The molecule has 0 aromatic carbocycles. The van der Waals surface area contributed by atoms with Gasteiger partial charge in [-0.05, 0) is 93.8 Å². The van der Waals surface area contributed by atoms with E-state index in [0.717, 1.165) is 11.8 Å². The lowest BCUT2D eigenvalue weighted by Crippen LogP contribution is -2.44. The minimum Gasteiger partial charge on any atom is -0.465 e. The normalized spacial score (nSPS) is 38.7. The van der Waals surface area contributed by atoms with Crippen LogP contribution in [0.25, 0.3) is 0 Å². The maximum atomic E-state index is 12.9. The van der Waals surface area contributed by atoms with Crippen molar-refractivity contribution in [2.24, 2.45) is 47.3 Å². The van der Waals surface area contributed by atoms with Crippen molar-refractivity contribution in [1.29, 1.82) is 0 Å². The molecule has 4 heteroatoms. The van der Waals surface area contributed by atoms with Crippen molar-refractivity contribution in [3.8, 4) is 0 Å². The zero-order valence-electron chi connectivity index (χ0n) is 16.3. The molecular formula is C22H34O4. The van der Waals surface area contributed by atoms with Crippen molar-refractivity contribution in [2.75, 3.05) is 13.2 Å². The summed E-state index contributed by atoms with van der Waals surface area (Å²) in [5.74, 6) is 2.83. The Bertz CT molecular complexity index is 498. The second kappa shape index (κ2) is 7.52. The quantitative estimate of drug-likeness (QED) is 0.503. The third-order valence-corrected chi connectivity index (χ3v) is 8.04. The van der Waals surface area contributed by atoms with Crippen LogP contribution in [0.5, 0.6) is 0 Å². The predicted molar refractivity (Wildman–Crippen MR) is 98.1 cm³/mol. The van der Waals surface area contributed by atoms with Crippen LogP contribution < -0.4 is 0 Å². The lowest BCUT2D eigenvalue weighted by Gasteiger charge is -2.41. The van der Waals surface area contributed by atoms with Gasteiger partial charge in [0.1, 0.15) is 0 Å². The molecule has 0 aromatic rings. The first-order valence-corrected chi connectivity index (χ1v) is 11.0. The van der Waals surface area contributed by atoms with Crippen molar-refractivity contribution in [3.63, 3.8) is 0 Å². The second-order valence-electron chi connectivity index (χ2n) is 9.24. The van der Waals surface area contributed by atoms with Gasteiger partial charge in [0, 0.05) is 0 Å². The van der Waals surface area contributed by atoms with E-state index in [-0.39, 0.29) is 17.9 Å². The minimum absolute atomic E-state index is 0.138. The van der Waals surface area contributed by atoms with E-state index in [0.29, 0.717) is 36.9 Å². The monoisotopic (exact) mass is 362 g/mol. The van der Waals surface area contributed by atoms with Gasteiger partial charge in [0.25, 0.3) is 0 Å². The lowest BCUT2D eigenvalue weighted by molar-refractivity contribution is -0.168. The van der Waals surface area contributed by atoms with Crippen LogP contribution in [0, 0.1) is 47.3 Å². The molecule has 146 valence electrons. The zero-order valence-corrected chi connectivity index (χ0v) is 16.3. The molecular weight excluding hydrogens is 328 g/mol. The Morgan fingerprint density at radius 3 is 1.54 bits per heavy atom. The molecule has 4 bridgehead atoms. The molecule has 4 nitrogen and oxygen atoms in total. The molecule has 4 rings (SSSR count). The molecule has 0 aliphatic heterocycles. The van der Waals surface area contributed by atoms with E-state index < -0.39 is 5.92 Å². The van der Waals surface area contributed by atoms with Gasteiger partial charge in [-0.2, -0.15) is 0 Å². The Labute approximate surface area is 157 Å². The van der Waals surface area contributed by atoms with E-state index >= 15 is 0 Å². The number of esters is 2. The Balaban J connectivity index is 1.64. The summed E-state index contributed by atoms with van der Waals surface area (Å²) in [4.78, 5) is 25.8. The molecule has 0 radical (unpaired) electrons. The highest BCUT2D eigenvalue weighted by molar-refractivity contribution is 5.95. The van der Waals surface area contributed by atoms with Gasteiger partial charge < -0.3 is 9.47 Å². The maximum Gasteiger partial charge on any atom is 0.320 e. The predicted octanol–water partition coefficient (Wildman–Crippen LogP) is 4.22. The Kier molecular flexibility index (Phi) is 5.29. The van der Waals surface area contributed by atoms with Crippen molar-refractivity contribution < 1.29 is 19.1 Å². The molecule has 0 saturated heterocycles. The molecule has 6 unspecified atom stereocenters. The number of carbonyl (C=O) groups excluding carboxylic acids is 2. The summed E-state index contributed by atoms with van der Waals surface area (Å²) in [7, 11) is 0. The van der Waals surface area contributed by atoms with Crippen molar-refractivity contribution in [1.82, 2.24) is 0 Å². The van der Waals surface area contributed by atoms with Gasteiger partial charge in [-0.3, -0.25) is 9.59 Å². The average molecular weight is 363 g/mol. The third-order valence-electron chi connectivity index (χ3n) is 8.04. The Morgan fingerprint density at radius 1 is 0.769 bits per heavy atom. The van der Waals surface area contributed by atoms with Gasteiger partial charge >= 0.3 is 11.9 Å². The first-order chi connectivity index (χ1) is 12.6. The summed E-state index contributed by atoms with van der Waals surface area (Å²) in [6.07, 6.45) is 10.3. The van der Waals surface area contributed by atoms with Crippen LogP contribution in [0.1, 0.15) is 65.2 Å². The fraction of sp³-hybridized carbons (Fsp3) is 0.909. The minimum atomic E-state index is -0.705. The van der Waals surface area contributed by atoms with Gasteiger partial charge in [0.05, 0.1) is 13.2 Å². The van der Waals surface area contributed by atoms with Gasteiger partial charge in [-0.25, -0.2) is 0 Å². The van der Waals surface area contributed by atoms with Crippen molar-refractivity contribution >= 4 is 11.9 Å². The summed E-state index contributed by atoms with van der Waals surface area (Å²) in [6, 6.07) is 0. The van der Waals surface area contributed by atoms with E-state index in [1.165, 1.54) is 51.4 Å². The van der Waals surface area contributed by atoms with Crippen LogP contribution in [0.4, 0.5) is 0 Å². The fourth-order valence-corrected chi connectivity index (χ4v) is 7.22. The summed E-state index contributed by atoms with van der Waals surface area (Å²) < 4.78 is 10.8. The van der Waals surface area contributed by atoms with E-state index in [1.807, 2.05) is 13.8 Å². The first kappa shape index (κ1) is 18.3. The first-order valence-electron chi connectivity index (χ1n) is 11.0. The number of hydrogen-bond donors (Lipinski definition) is 0. The summed E-state index contributed by atoms with van der Waals surface area (Å²) in [5, 5.41) is 0. The highest BCUT2D eigenvalue weighted by Crippen LogP contribution is 2.60. The van der Waals surface area contributed by atoms with Crippen molar-refractivity contribution in [2.45, 2.75) is 65.2 Å². The SMILES string of the molecule is CCOC(=O)C(C(=O)OCC)C(C1CC2CCC1C2)C1CC2CCC1C2. The molecule has 0 heterocycles. The summed E-state index contributed by atoms with van der Waals surface area (Å²) in [6.45, 7) is 4.30. The Morgan fingerprint density at radius 2 is 1.23 bits per heavy atom. The van der Waals surface area contributed by atoms with Crippen LogP contribution in [0.3, 0.4) is 0 Å². The van der Waals surface area contributed by atoms with Gasteiger partial charge in [-0.1, -0.05) is 12.8 Å². The van der Waals surface area contributed by atoms with Gasteiger partial charge in [-0.15, -0.1) is 0 Å². The number of ether oxygens (including phenoxy) is 2. The van der Waals surface area contributed by atoms with Crippen LogP contribution in [-0.2, 0) is 19.1 Å². The summed E-state index contributed by atoms with van der Waals surface area (Å²) >= 11 is 0. The number of carbonyl (C=O) groups is 2. The van der Waals surface area contributed by atoms with Crippen LogP contribution in [0.2, 0.25) is 0 Å². The van der Waals surface area contributed by atoms with Crippen molar-refractivity contribution in [3.05, 3.63) is 0 Å². The maximum absolute atomic E-state index is 12.9. The van der Waals surface area contributed by atoms with Gasteiger partial charge in [0.2, 0.25) is 0 Å². The highest BCUT2D eigenvalue weighted by atomic mass is 16.6. The molecule has 6 atom stereocenters. The highest BCUT2D eigenvalue weighted by Gasteiger charge is 2.56. The molecule has 4 fully saturated rings. The molecule has 0 amide bonds. The molecule has 4 aliphatic carbocycles. The lowest BCUT2D eigenvalue weighted by atomic mass is 9.63. The Hall–Kier alpha value is -1.06. The average Bonchev–Trinajstić information content (AvgIpc) is 3.39. The van der Waals surface area contributed by atoms with Crippen LogP contribution in [0.15, 0.2) is 0 Å². The van der Waals surface area contributed by atoms with E-state index in [1.54, 1.807) is 0 Å². The smallest absolute Gasteiger partial charge is 0.320 e. The molecule has 0 aromatic heterocycles. The third kappa shape index (κ3) is 3.18. The number of hydrogen-bond acceptors (Lipinski definition) is 4. The molecule has 26 heavy (non-hydrogen) atoms. The molecule has 0 N–H and O–H groups in total. The van der Waals surface area contributed by atoms with Crippen LogP contribution in [-0.4, -0.2) is 25.2 Å². The number of fused-ring (bicyclic) bond motifs is 4. The standard InChI is InChI=1S/C22H34O4/c1-3-25-21(23)20(22(24)26-4-2)19(17-11-13-5-7-15(17)9-13)18-12-14-6-8-16(18)10-14/h13-20H,3-12H2,1-2H3. The largest absolute Gasteiger partial charge is 0.465 e. The van der Waals surface area contributed by atoms with E-state index in [4.69, 9.17) is 9.47 Å². The molecule has 4 aliphatic rings. The molecule has 4 saturated carbocycles. The second-order valence-corrected chi connectivity index (χ2v) is 9.24. The molecule has 0 spiro atoms.